The molecule has 0 bridgehead atoms. The fourth-order valence-corrected chi connectivity index (χ4v) is 1.29. The fraction of sp³-hybridized carbons (Fsp3) is 0.455. The monoisotopic (exact) mass is 192 g/mol. The predicted octanol–water partition coefficient (Wildman–Crippen LogP) is 1.64. The molecule has 14 heavy (non-hydrogen) atoms. The number of rotatable bonds is 3. The SMILES string of the molecule is CNC(=O)c1ccnc(CC(C)C)c1. The third kappa shape index (κ3) is 2.83. The number of pyridine rings is 1. The first-order valence-electron chi connectivity index (χ1n) is 4.80. The van der Waals surface area contributed by atoms with E-state index in [9.17, 15) is 4.79 Å². The zero-order valence-electron chi connectivity index (χ0n) is 8.87. The van der Waals surface area contributed by atoms with Gasteiger partial charge in [0.15, 0.2) is 0 Å². The van der Waals surface area contributed by atoms with Crippen LogP contribution < -0.4 is 5.32 Å². The molecule has 1 aromatic rings. The Hall–Kier alpha value is -1.38. The molecule has 0 aliphatic carbocycles. The van der Waals surface area contributed by atoms with Crippen molar-refractivity contribution in [3.8, 4) is 0 Å². The average Bonchev–Trinajstić information content (AvgIpc) is 2.16. The standard InChI is InChI=1S/C11H16N2O/c1-8(2)6-10-7-9(4-5-13-10)11(14)12-3/h4-5,7-8H,6H2,1-3H3,(H,12,14). The lowest BCUT2D eigenvalue weighted by molar-refractivity contribution is 0.0963. The topological polar surface area (TPSA) is 42.0 Å². The first-order valence-corrected chi connectivity index (χ1v) is 4.80. The predicted molar refractivity (Wildman–Crippen MR) is 56.2 cm³/mol. The van der Waals surface area contributed by atoms with Crippen molar-refractivity contribution in [2.45, 2.75) is 20.3 Å². The fourth-order valence-electron chi connectivity index (χ4n) is 1.29. The van der Waals surface area contributed by atoms with E-state index in [4.69, 9.17) is 0 Å². The second-order valence-corrected chi connectivity index (χ2v) is 3.71. The van der Waals surface area contributed by atoms with Crippen LogP contribution in [0, 0.1) is 5.92 Å². The molecular weight excluding hydrogens is 176 g/mol. The molecule has 0 saturated carbocycles. The van der Waals surface area contributed by atoms with Crippen molar-refractivity contribution in [2.24, 2.45) is 5.92 Å². The van der Waals surface area contributed by atoms with Gasteiger partial charge in [0.2, 0.25) is 0 Å². The van der Waals surface area contributed by atoms with Gasteiger partial charge in [-0.05, 0) is 24.5 Å². The minimum absolute atomic E-state index is 0.0580. The third-order valence-electron chi connectivity index (χ3n) is 1.92. The Morgan fingerprint density at radius 3 is 2.86 bits per heavy atom. The van der Waals surface area contributed by atoms with Crippen LogP contribution in [0.2, 0.25) is 0 Å². The van der Waals surface area contributed by atoms with Crippen LogP contribution in [-0.2, 0) is 6.42 Å². The van der Waals surface area contributed by atoms with E-state index in [0.717, 1.165) is 12.1 Å². The van der Waals surface area contributed by atoms with Gasteiger partial charge in [0.1, 0.15) is 0 Å². The van der Waals surface area contributed by atoms with Crippen LogP contribution >= 0.6 is 0 Å². The van der Waals surface area contributed by atoms with Crippen molar-refractivity contribution >= 4 is 5.91 Å². The molecule has 1 rings (SSSR count). The van der Waals surface area contributed by atoms with Crippen LogP contribution in [0.4, 0.5) is 0 Å². The Bertz CT molecular complexity index is 321. The number of hydrogen-bond acceptors (Lipinski definition) is 2. The van der Waals surface area contributed by atoms with E-state index in [1.54, 1.807) is 19.3 Å². The summed E-state index contributed by atoms with van der Waals surface area (Å²) in [6, 6.07) is 3.57. The van der Waals surface area contributed by atoms with Crippen molar-refractivity contribution in [3.63, 3.8) is 0 Å². The quantitative estimate of drug-likeness (QED) is 0.791. The van der Waals surface area contributed by atoms with Crippen molar-refractivity contribution in [1.29, 1.82) is 0 Å². The van der Waals surface area contributed by atoms with E-state index in [-0.39, 0.29) is 5.91 Å². The molecule has 76 valence electrons. The molecule has 0 aromatic carbocycles. The molecule has 0 fully saturated rings. The summed E-state index contributed by atoms with van der Waals surface area (Å²) in [7, 11) is 1.63. The Balaban J connectivity index is 2.84. The first-order chi connectivity index (χ1) is 6.63. The van der Waals surface area contributed by atoms with Gasteiger partial charge in [0.25, 0.3) is 5.91 Å². The molecule has 0 unspecified atom stereocenters. The smallest absolute Gasteiger partial charge is 0.251 e. The molecule has 0 atom stereocenters. The molecule has 0 aliphatic rings. The molecule has 1 N–H and O–H groups in total. The lowest BCUT2D eigenvalue weighted by Crippen LogP contribution is -2.18. The zero-order valence-corrected chi connectivity index (χ0v) is 8.87. The highest BCUT2D eigenvalue weighted by Crippen LogP contribution is 2.07. The summed E-state index contributed by atoms with van der Waals surface area (Å²) >= 11 is 0. The van der Waals surface area contributed by atoms with Crippen molar-refractivity contribution in [1.82, 2.24) is 10.3 Å². The van der Waals surface area contributed by atoms with Gasteiger partial charge >= 0.3 is 0 Å². The van der Waals surface area contributed by atoms with E-state index in [2.05, 4.69) is 24.1 Å². The van der Waals surface area contributed by atoms with Crippen molar-refractivity contribution in [3.05, 3.63) is 29.6 Å². The van der Waals surface area contributed by atoms with E-state index in [1.807, 2.05) is 6.07 Å². The molecule has 1 aromatic heterocycles. The van der Waals surface area contributed by atoms with E-state index >= 15 is 0 Å². The van der Waals surface area contributed by atoms with Gasteiger partial charge in [-0.1, -0.05) is 13.8 Å². The number of aromatic nitrogens is 1. The molecule has 0 spiro atoms. The highest BCUT2D eigenvalue weighted by Gasteiger charge is 2.05. The van der Waals surface area contributed by atoms with Crippen LogP contribution in [0.1, 0.15) is 29.9 Å². The van der Waals surface area contributed by atoms with E-state index in [1.165, 1.54) is 0 Å². The number of amides is 1. The van der Waals surface area contributed by atoms with Crippen LogP contribution in [-0.4, -0.2) is 17.9 Å². The number of hydrogen-bond donors (Lipinski definition) is 1. The highest BCUT2D eigenvalue weighted by atomic mass is 16.1. The Morgan fingerprint density at radius 2 is 2.29 bits per heavy atom. The Labute approximate surface area is 84.6 Å². The van der Waals surface area contributed by atoms with Crippen LogP contribution in [0.25, 0.3) is 0 Å². The minimum Gasteiger partial charge on any atom is -0.355 e. The lowest BCUT2D eigenvalue weighted by atomic mass is 10.1. The highest BCUT2D eigenvalue weighted by molar-refractivity contribution is 5.93. The second kappa shape index (κ2) is 4.74. The molecule has 0 aliphatic heterocycles. The molecule has 1 amide bonds. The van der Waals surface area contributed by atoms with Gasteiger partial charge < -0.3 is 5.32 Å². The molecule has 3 nitrogen and oxygen atoms in total. The van der Waals surface area contributed by atoms with Crippen LogP contribution in [0.3, 0.4) is 0 Å². The first kappa shape index (κ1) is 10.7. The van der Waals surface area contributed by atoms with Crippen molar-refractivity contribution in [2.75, 3.05) is 7.05 Å². The summed E-state index contributed by atoms with van der Waals surface area (Å²) < 4.78 is 0. The zero-order chi connectivity index (χ0) is 10.6. The number of nitrogens with zero attached hydrogens (tertiary/aromatic N) is 1. The Kier molecular flexibility index (Phi) is 3.63. The maximum atomic E-state index is 11.3. The largest absolute Gasteiger partial charge is 0.355 e. The summed E-state index contributed by atoms with van der Waals surface area (Å²) in [4.78, 5) is 15.5. The molecule has 0 radical (unpaired) electrons. The van der Waals surface area contributed by atoms with Gasteiger partial charge in [-0.25, -0.2) is 0 Å². The number of carbonyl (C=O) groups is 1. The maximum Gasteiger partial charge on any atom is 0.251 e. The molecular formula is C11H16N2O. The molecule has 0 saturated heterocycles. The third-order valence-corrected chi connectivity index (χ3v) is 1.92. The number of nitrogens with one attached hydrogen (secondary N) is 1. The van der Waals surface area contributed by atoms with E-state index < -0.39 is 0 Å². The van der Waals surface area contributed by atoms with Gasteiger partial charge in [0.05, 0.1) is 0 Å². The average molecular weight is 192 g/mol. The Morgan fingerprint density at radius 1 is 1.57 bits per heavy atom. The van der Waals surface area contributed by atoms with Crippen LogP contribution in [0.15, 0.2) is 18.3 Å². The van der Waals surface area contributed by atoms with E-state index in [0.29, 0.717) is 11.5 Å². The summed E-state index contributed by atoms with van der Waals surface area (Å²) in [5.74, 6) is 0.500. The van der Waals surface area contributed by atoms with Crippen molar-refractivity contribution < 1.29 is 4.79 Å². The summed E-state index contributed by atoms with van der Waals surface area (Å²) in [5, 5.41) is 2.60. The van der Waals surface area contributed by atoms with Gasteiger partial charge in [-0.2, -0.15) is 0 Å². The van der Waals surface area contributed by atoms with Crippen LogP contribution in [0.5, 0.6) is 0 Å². The normalized spacial score (nSPS) is 10.3. The summed E-state index contributed by atoms with van der Waals surface area (Å²) in [5.41, 5.74) is 1.65. The lowest BCUT2D eigenvalue weighted by Gasteiger charge is -2.05. The maximum absolute atomic E-state index is 11.3. The summed E-state index contributed by atoms with van der Waals surface area (Å²) in [6.45, 7) is 4.27. The second-order valence-electron chi connectivity index (χ2n) is 3.71. The van der Waals surface area contributed by atoms with Gasteiger partial charge in [0, 0.05) is 24.5 Å². The summed E-state index contributed by atoms with van der Waals surface area (Å²) in [6.07, 6.45) is 2.59. The molecule has 3 heteroatoms. The van der Waals surface area contributed by atoms with Gasteiger partial charge in [-0.3, -0.25) is 9.78 Å². The van der Waals surface area contributed by atoms with Gasteiger partial charge in [-0.15, -0.1) is 0 Å². The molecule has 1 heterocycles. The minimum atomic E-state index is -0.0580. The number of carbonyl (C=O) groups excluding carboxylic acids is 1.